The number of unbranched alkanes of at least 4 members (excludes halogenated alkanes) is 18. The predicted octanol–water partition coefficient (Wildman–Crippen LogP) is 7.13. The first-order chi connectivity index (χ1) is 29.5. The van der Waals surface area contributed by atoms with Gasteiger partial charge in [-0.2, -0.15) is 6.08 Å². The van der Waals surface area contributed by atoms with Crippen LogP contribution in [0, 0.1) is 6.08 Å². The van der Waals surface area contributed by atoms with Crippen LogP contribution in [0.2, 0.25) is 0 Å². The number of benzene rings is 3. The predicted molar refractivity (Wildman–Crippen MR) is 272 cm³/mol. The average Bonchev–Trinajstić information content (AvgIpc) is 3.80. The summed E-state index contributed by atoms with van der Waals surface area (Å²) in [6, 6.07) is 24.4. The maximum atomic E-state index is 4.14. The van der Waals surface area contributed by atoms with E-state index in [9.17, 15) is 0 Å². The van der Waals surface area contributed by atoms with Gasteiger partial charge in [0.25, 0.3) is 0 Å². The Morgan fingerprint density at radius 3 is 0.766 bits per heavy atom. The molecule has 3 aromatic rings. The summed E-state index contributed by atoms with van der Waals surface area (Å²) in [5, 5.41) is 6.42. The molecule has 0 spiro atoms. The van der Waals surface area contributed by atoms with Crippen molar-refractivity contribution in [2.75, 3.05) is 0 Å². The van der Waals surface area contributed by atoms with Crippen LogP contribution in [0.1, 0.15) is 235 Å². The van der Waals surface area contributed by atoms with Crippen LogP contribution in [-0.4, -0.2) is 8.07 Å². The number of halogens is 3. The first-order valence-electron chi connectivity index (χ1n) is 26.2. The Labute approximate surface area is 431 Å². The van der Waals surface area contributed by atoms with Crippen molar-refractivity contribution in [1.29, 1.82) is 0 Å². The normalized spacial score (nSPS) is 12.0. The number of hydrogen-bond acceptors (Lipinski definition) is 0. The zero-order valence-electron chi connectivity index (χ0n) is 41.9. The number of hydrogen-bond donors (Lipinski definition) is 0. The molecule has 0 amide bonds. The Morgan fingerprint density at radius 1 is 0.344 bits per heavy atom. The maximum Gasteiger partial charge on any atom is 4.00 e. The summed E-state index contributed by atoms with van der Waals surface area (Å²) in [7, 11) is -2.79. The molecule has 0 saturated heterocycles. The molecule has 1 aliphatic rings. The molecule has 0 aromatic heterocycles. The van der Waals surface area contributed by atoms with Crippen LogP contribution in [0.5, 0.6) is 0 Å². The van der Waals surface area contributed by atoms with Crippen molar-refractivity contribution in [3.8, 4) is 0 Å². The third-order valence-corrected chi connectivity index (χ3v) is 18.1. The van der Waals surface area contributed by atoms with Crippen molar-refractivity contribution in [3.05, 3.63) is 111 Å². The second kappa shape index (κ2) is 37.9. The molecule has 0 N–H and O–H groups in total. The van der Waals surface area contributed by atoms with Crippen LogP contribution < -0.4 is 52.8 Å². The first-order valence-corrected chi connectivity index (χ1v) is 28.2. The molecule has 64 heavy (non-hydrogen) atoms. The first kappa shape index (κ1) is 62.9. The maximum absolute atomic E-state index is 4.14. The minimum absolute atomic E-state index is 0. The molecule has 0 unspecified atom stereocenters. The van der Waals surface area contributed by atoms with Crippen LogP contribution in [0.25, 0.3) is 0 Å². The SMILES string of the molecule is CCCCCCc1cc(CCCCCC)cc([Si](C2=[C-]CC=C2)(c2cc(CCCCCC)cc(CCCCCC)c2)c2cc(CCCCCC)cc(CCCCCC)c2)c1.[Cl-].[Cl-].[Cl-].[Ti+4]. The Balaban J connectivity index is 0.00000992. The molecule has 0 radical (unpaired) electrons. The number of allylic oxidation sites excluding steroid dienone is 4. The van der Waals surface area contributed by atoms with Gasteiger partial charge in [-0.05, 0) is 126 Å². The second-order valence-electron chi connectivity index (χ2n) is 18.9. The summed E-state index contributed by atoms with van der Waals surface area (Å²) in [6.07, 6.45) is 48.8. The monoisotopic (exact) mass is 981 g/mol. The molecule has 0 saturated carbocycles. The fourth-order valence-electron chi connectivity index (χ4n) is 9.97. The second-order valence-corrected chi connectivity index (χ2v) is 22.7. The van der Waals surface area contributed by atoms with Gasteiger partial charge in [-0.3, -0.25) is 6.08 Å². The molecule has 356 valence electrons. The van der Waals surface area contributed by atoms with E-state index in [1.54, 1.807) is 48.9 Å². The molecule has 5 heteroatoms. The van der Waals surface area contributed by atoms with Gasteiger partial charge in [0.1, 0.15) is 8.07 Å². The Bertz CT molecular complexity index is 1430. The molecule has 4 rings (SSSR count). The third-order valence-electron chi connectivity index (χ3n) is 13.5. The molecule has 0 nitrogen and oxygen atoms in total. The third kappa shape index (κ3) is 21.1. The molecule has 0 bridgehead atoms. The summed E-state index contributed by atoms with van der Waals surface area (Å²) in [4.78, 5) is 0. The van der Waals surface area contributed by atoms with E-state index in [4.69, 9.17) is 0 Å². The van der Waals surface area contributed by atoms with Gasteiger partial charge < -0.3 is 37.2 Å². The van der Waals surface area contributed by atoms with Crippen molar-refractivity contribution in [2.45, 2.75) is 241 Å². The number of aryl methyl sites for hydroxylation is 6. The van der Waals surface area contributed by atoms with Crippen LogP contribution in [0.4, 0.5) is 0 Å². The zero-order chi connectivity index (χ0) is 42.7. The topological polar surface area (TPSA) is 0 Å². The molecular formula is C59H91Cl3SiTi. The smallest absolute Gasteiger partial charge is 1.00 e. The van der Waals surface area contributed by atoms with Crippen molar-refractivity contribution in [3.63, 3.8) is 0 Å². The van der Waals surface area contributed by atoms with E-state index in [0.717, 1.165) is 6.42 Å². The number of rotatable bonds is 34. The Kier molecular flexibility index (Phi) is 37.2. The molecule has 0 heterocycles. The van der Waals surface area contributed by atoms with Crippen molar-refractivity contribution in [1.82, 2.24) is 0 Å². The van der Waals surface area contributed by atoms with E-state index in [2.05, 4.69) is 114 Å². The van der Waals surface area contributed by atoms with E-state index in [1.165, 1.54) is 198 Å². The minimum atomic E-state index is -2.79. The Morgan fingerprint density at radius 2 is 0.578 bits per heavy atom. The van der Waals surface area contributed by atoms with Gasteiger partial charge in [0.2, 0.25) is 0 Å². The van der Waals surface area contributed by atoms with Gasteiger partial charge in [-0.15, -0.1) is 6.42 Å². The van der Waals surface area contributed by atoms with Gasteiger partial charge in [-0.25, -0.2) is 11.3 Å². The quantitative estimate of drug-likeness (QED) is 0.0259. The summed E-state index contributed by atoms with van der Waals surface area (Å²) >= 11 is 0. The largest absolute Gasteiger partial charge is 4.00 e. The fourth-order valence-corrected chi connectivity index (χ4v) is 15.0. The van der Waals surface area contributed by atoms with Gasteiger partial charge in [0.15, 0.2) is 0 Å². The summed E-state index contributed by atoms with van der Waals surface area (Å²) in [5.74, 6) is 0. The summed E-state index contributed by atoms with van der Waals surface area (Å²) < 4.78 is 0. The molecule has 3 aromatic carbocycles. The fraction of sp³-hybridized carbons (Fsp3) is 0.627. The summed E-state index contributed by atoms with van der Waals surface area (Å²) in [5.41, 5.74) is 9.50. The average molecular weight is 983 g/mol. The molecule has 0 fully saturated rings. The van der Waals surface area contributed by atoms with Gasteiger partial charge in [-0.1, -0.05) is 212 Å². The van der Waals surface area contributed by atoms with Crippen LogP contribution in [-0.2, 0) is 60.2 Å². The molecular weight excluding hydrogens is 891 g/mol. The van der Waals surface area contributed by atoms with Crippen LogP contribution in [0.3, 0.4) is 0 Å². The van der Waals surface area contributed by atoms with E-state index in [0.29, 0.717) is 0 Å². The standard InChI is InChI=1S/C59H91Si.3ClH.Ti/c1-7-13-19-25-33-50-41-51(34-26-20-14-8-2)45-57(44-50)60(56-39-31-32-40-56,58-46-52(35-27-21-15-9-3)42-53(47-58)36-28-22-16-10-4)59-48-54(37-29-23-17-11-5)43-55(49-59)38-30-24-18-12-6;;;;/h31,39,41-49H,7-30,32-38H2,1-6H3;3*1H;/q-1;;;;+4/p-3. The van der Waals surface area contributed by atoms with Gasteiger partial charge in [0.05, 0.1) is 0 Å². The van der Waals surface area contributed by atoms with Crippen molar-refractivity contribution in [2.24, 2.45) is 0 Å². The van der Waals surface area contributed by atoms with Gasteiger partial charge in [0, 0.05) is 0 Å². The zero-order valence-corrected chi connectivity index (χ0v) is 46.7. The van der Waals surface area contributed by atoms with Crippen molar-refractivity contribution >= 4 is 23.6 Å². The van der Waals surface area contributed by atoms with E-state index >= 15 is 0 Å². The molecule has 0 aliphatic heterocycles. The molecule has 0 atom stereocenters. The molecule has 1 aliphatic carbocycles. The van der Waals surface area contributed by atoms with E-state index in [-0.39, 0.29) is 58.9 Å². The van der Waals surface area contributed by atoms with Crippen LogP contribution >= 0.6 is 0 Å². The van der Waals surface area contributed by atoms with Gasteiger partial charge >= 0.3 is 21.7 Å². The van der Waals surface area contributed by atoms with Crippen LogP contribution in [0.15, 0.2) is 71.9 Å². The Hall–Kier alpha value is -1.06. The minimum Gasteiger partial charge on any atom is -1.00 e. The summed E-state index contributed by atoms with van der Waals surface area (Å²) in [6.45, 7) is 14.1. The van der Waals surface area contributed by atoms with Crippen molar-refractivity contribution < 1.29 is 58.9 Å². The van der Waals surface area contributed by atoms with E-state index < -0.39 is 8.07 Å². The van der Waals surface area contributed by atoms with E-state index in [1.807, 2.05) is 0 Å².